The van der Waals surface area contributed by atoms with E-state index >= 15 is 0 Å². The Bertz CT molecular complexity index is 370. The summed E-state index contributed by atoms with van der Waals surface area (Å²) in [5.74, 6) is 0. The molecule has 0 saturated heterocycles. The second kappa shape index (κ2) is 3.83. The summed E-state index contributed by atoms with van der Waals surface area (Å²) in [4.78, 5) is 11.2. The minimum absolute atomic E-state index is 0.0861. The number of halogens is 3. The maximum Gasteiger partial charge on any atom is 0.421 e. The van der Waals surface area contributed by atoms with Crippen LogP contribution in [-0.2, 0) is 12.7 Å². The Labute approximate surface area is 78.0 Å². The largest absolute Gasteiger partial charge is 0.421 e. The number of hydrogen-bond donors (Lipinski definition) is 1. The molecule has 1 rings (SSSR count). The summed E-state index contributed by atoms with van der Waals surface area (Å²) < 4.78 is 37.6. The fourth-order valence-corrected chi connectivity index (χ4v) is 1.07. The second-order valence-corrected chi connectivity index (χ2v) is 2.71. The van der Waals surface area contributed by atoms with E-state index in [4.69, 9.17) is 5.73 Å². The predicted molar refractivity (Wildman–Crippen MR) is 44.8 cm³/mol. The van der Waals surface area contributed by atoms with Gasteiger partial charge in [-0.25, -0.2) is 0 Å². The van der Waals surface area contributed by atoms with Crippen molar-refractivity contribution in [3.05, 3.63) is 34.2 Å². The minimum atomic E-state index is -4.60. The Morgan fingerprint density at radius 1 is 1.43 bits per heavy atom. The fraction of sp³-hybridized carbons (Fsp3) is 0.375. The third-order valence-electron chi connectivity index (χ3n) is 1.70. The lowest BCUT2D eigenvalue weighted by Crippen LogP contribution is -2.29. The molecule has 1 aromatic rings. The molecule has 0 spiro atoms. The lowest BCUT2D eigenvalue weighted by atomic mass is 10.2. The van der Waals surface area contributed by atoms with Crippen LogP contribution >= 0.6 is 0 Å². The van der Waals surface area contributed by atoms with Gasteiger partial charge in [0, 0.05) is 19.3 Å². The maximum absolute atomic E-state index is 12.2. The lowest BCUT2D eigenvalue weighted by Gasteiger charge is -2.08. The molecule has 0 aliphatic rings. The van der Waals surface area contributed by atoms with Crippen molar-refractivity contribution in [2.45, 2.75) is 12.7 Å². The van der Waals surface area contributed by atoms with E-state index in [2.05, 4.69) is 0 Å². The van der Waals surface area contributed by atoms with Crippen LogP contribution in [0.4, 0.5) is 13.2 Å². The molecule has 0 aliphatic carbocycles. The van der Waals surface area contributed by atoms with Crippen molar-refractivity contribution in [2.24, 2.45) is 5.73 Å². The topological polar surface area (TPSA) is 48.0 Å². The Kier molecular flexibility index (Phi) is 2.95. The van der Waals surface area contributed by atoms with E-state index in [0.29, 0.717) is 0 Å². The van der Waals surface area contributed by atoms with Gasteiger partial charge in [0.05, 0.1) is 0 Å². The highest BCUT2D eigenvalue weighted by Crippen LogP contribution is 2.25. The maximum atomic E-state index is 12.2. The molecule has 0 saturated carbocycles. The smallest absolute Gasteiger partial charge is 0.329 e. The third-order valence-corrected chi connectivity index (χ3v) is 1.70. The standard InChI is InChI=1S/C8H9F3N2O/c9-8(10,11)6-2-1-4-13(5-3-12)7(6)14/h1-2,4H,3,5,12H2. The molecule has 0 amide bonds. The zero-order chi connectivity index (χ0) is 10.8. The van der Waals surface area contributed by atoms with Gasteiger partial charge in [0.2, 0.25) is 0 Å². The lowest BCUT2D eigenvalue weighted by molar-refractivity contribution is -0.138. The van der Waals surface area contributed by atoms with E-state index in [1.807, 2.05) is 0 Å². The molecule has 0 aliphatic heterocycles. The van der Waals surface area contributed by atoms with Gasteiger partial charge in [-0.15, -0.1) is 0 Å². The van der Waals surface area contributed by atoms with E-state index in [1.165, 1.54) is 12.3 Å². The average Bonchev–Trinajstić information content (AvgIpc) is 2.07. The molecule has 0 radical (unpaired) electrons. The number of hydrogen-bond acceptors (Lipinski definition) is 2. The van der Waals surface area contributed by atoms with Gasteiger partial charge >= 0.3 is 6.18 Å². The summed E-state index contributed by atoms with van der Waals surface area (Å²) in [5, 5.41) is 0. The molecule has 0 fully saturated rings. The quantitative estimate of drug-likeness (QED) is 0.778. The van der Waals surface area contributed by atoms with Gasteiger partial charge in [0.1, 0.15) is 5.56 Å². The predicted octanol–water partition coefficient (Wildman–Crippen LogP) is 0.826. The number of nitrogens with two attached hydrogens (primary N) is 1. The fourth-order valence-electron chi connectivity index (χ4n) is 1.07. The van der Waals surface area contributed by atoms with Crippen LogP contribution in [0.5, 0.6) is 0 Å². The Hall–Kier alpha value is -1.30. The van der Waals surface area contributed by atoms with Crippen molar-refractivity contribution >= 4 is 0 Å². The zero-order valence-electron chi connectivity index (χ0n) is 7.21. The normalized spacial score (nSPS) is 11.7. The molecule has 0 atom stereocenters. The second-order valence-electron chi connectivity index (χ2n) is 2.71. The van der Waals surface area contributed by atoms with Crippen molar-refractivity contribution in [2.75, 3.05) is 6.54 Å². The highest BCUT2D eigenvalue weighted by Gasteiger charge is 2.34. The van der Waals surface area contributed by atoms with E-state index in [-0.39, 0.29) is 13.1 Å². The summed E-state index contributed by atoms with van der Waals surface area (Å²) in [6.07, 6.45) is -3.32. The molecule has 2 N–H and O–H groups in total. The van der Waals surface area contributed by atoms with Gasteiger partial charge in [0.25, 0.3) is 5.56 Å². The number of nitrogens with zero attached hydrogens (tertiary/aromatic N) is 1. The van der Waals surface area contributed by atoms with E-state index in [0.717, 1.165) is 10.6 Å². The molecule has 0 unspecified atom stereocenters. The molecular weight excluding hydrogens is 197 g/mol. The van der Waals surface area contributed by atoms with Crippen molar-refractivity contribution in [3.8, 4) is 0 Å². The summed E-state index contributed by atoms with van der Waals surface area (Å²) in [6.45, 7) is 0.212. The van der Waals surface area contributed by atoms with Gasteiger partial charge in [-0.1, -0.05) is 0 Å². The molecule has 0 aromatic carbocycles. The van der Waals surface area contributed by atoms with Crippen molar-refractivity contribution < 1.29 is 13.2 Å². The van der Waals surface area contributed by atoms with E-state index < -0.39 is 17.3 Å². The van der Waals surface area contributed by atoms with Crippen LogP contribution in [0.25, 0.3) is 0 Å². The first kappa shape index (κ1) is 10.8. The van der Waals surface area contributed by atoms with E-state index in [1.54, 1.807) is 0 Å². The molecule has 14 heavy (non-hydrogen) atoms. The van der Waals surface area contributed by atoms with Gasteiger partial charge < -0.3 is 10.3 Å². The van der Waals surface area contributed by atoms with Crippen LogP contribution in [0.3, 0.4) is 0 Å². The molecule has 1 heterocycles. The number of alkyl halides is 3. The molecule has 0 bridgehead atoms. The SMILES string of the molecule is NCCn1cccc(C(F)(F)F)c1=O. The minimum Gasteiger partial charge on any atom is -0.329 e. The Morgan fingerprint density at radius 3 is 2.57 bits per heavy atom. The van der Waals surface area contributed by atoms with Crippen LogP contribution in [-0.4, -0.2) is 11.1 Å². The Balaban J connectivity index is 3.22. The van der Waals surface area contributed by atoms with Crippen molar-refractivity contribution in [1.82, 2.24) is 4.57 Å². The van der Waals surface area contributed by atoms with Gasteiger partial charge in [-0.05, 0) is 12.1 Å². The Morgan fingerprint density at radius 2 is 2.07 bits per heavy atom. The van der Waals surface area contributed by atoms with Gasteiger partial charge in [0.15, 0.2) is 0 Å². The van der Waals surface area contributed by atoms with Crippen molar-refractivity contribution in [3.63, 3.8) is 0 Å². The number of pyridine rings is 1. The monoisotopic (exact) mass is 206 g/mol. The molecule has 1 aromatic heterocycles. The van der Waals surface area contributed by atoms with Crippen molar-refractivity contribution in [1.29, 1.82) is 0 Å². The highest BCUT2D eigenvalue weighted by atomic mass is 19.4. The van der Waals surface area contributed by atoms with Crippen LogP contribution in [0.2, 0.25) is 0 Å². The number of aromatic nitrogens is 1. The van der Waals surface area contributed by atoms with E-state index in [9.17, 15) is 18.0 Å². The summed E-state index contributed by atoms with van der Waals surface area (Å²) in [6, 6.07) is 1.94. The van der Waals surface area contributed by atoms with Crippen LogP contribution < -0.4 is 11.3 Å². The number of rotatable bonds is 2. The van der Waals surface area contributed by atoms with Crippen LogP contribution in [0.1, 0.15) is 5.56 Å². The zero-order valence-corrected chi connectivity index (χ0v) is 7.21. The summed E-state index contributed by atoms with van der Waals surface area (Å²) in [7, 11) is 0. The van der Waals surface area contributed by atoms with Gasteiger partial charge in [-0.2, -0.15) is 13.2 Å². The average molecular weight is 206 g/mol. The van der Waals surface area contributed by atoms with Crippen LogP contribution in [0.15, 0.2) is 23.1 Å². The molecular formula is C8H9F3N2O. The highest BCUT2D eigenvalue weighted by molar-refractivity contribution is 5.13. The first-order chi connectivity index (χ1) is 6.46. The molecule has 3 nitrogen and oxygen atoms in total. The third kappa shape index (κ3) is 2.14. The summed E-state index contributed by atoms with van der Waals surface area (Å²) in [5.41, 5.74) is 2.94. The van der Waals surface area contributed by atoms with Gasteiger partial charge in [-0.3, -0.25) is 4.79 Å². The summed E-state index contributed by atoms with van der Waals surface area (Å²) >= 11 is 0. The first-order valence-electron chi connectivity index (χ1n) is 3.93. The molecule has 6 heteroatoms. The van der Waals surface area contributed by atoms with Crippen LogP contribution in [0, 0.1) is 0 Å². The first-order valence-corrected chi connectivity index (χ1v) is 3.93. The molecule has 78 valence electrons.